The van der Waals surface area contributed by atoms with Crippen molar-refractivity contribution >= 4 is 17.7 Å². The number of Topliss-reactive ketones (excluding diaryl/α,β-unsaturated/α-hetero) is 1. The highest BCUT2D eigenvalue weighted by Gasteiger charge is 2.90. The average molecular weight is 471 g/mol. The van der Waals surface area contributed by atoms with E-state index in [0.717, 1.165) is 5.56 Å². The molecule has 9 atom stereocenters. The van der Waals surface area contributed by atoms with E-state index in [0.29, 0.717) is 25.7 Å². The minimum atomic E-state index is -1.03. The van der Waals surface area contributed by atoms with Gasteiger partial charge in [0.25, 0.3) is 0 Å². The Hall–Kier alpha value is -2.19. The van der Waals surface area contributed by atoms with Gasteiger partial charge in [-0.3, -0.25) is 9.59 Å². The fourth-order valence-corrected chi connectivity index (χ4v) is 9.11. The number of ether oxygens (including phenoxy) is 4. The van der Waals surface area contributed by atoms with Crippen molar-refractivity contribution in [3.05, 3.63) is 24.2 Å². The van der Waals surface area contributed by atoms with Gasteiger partial charge in [-0.1, -0.05) is 6.92 Å². The van der Waals surface area contributed by atoms with Crippen LogP contribution >= 0.6 is 0 Å². The van der Waals surface area contributed by atoms with Gasteiger partial charge >= 0.3 is 11.9 Å². The van der Waals surface area contributed by atoms with Gasteiger partial charge in [-0.05, 0) is 46.1 Å². The Kier molecular flexibility index (Phi) is 3.70. The summed E-state index contributed by atoms with van der Waals surface area (Å²) in [6.07, 6.45) is 3.89. The van der Waals surface area contributed by atoms with Crippen molar-refractivity contribution in [3.8, 4) is 0 Å². The quantitative estimate of drug-likeness (QED) is 0.455. The van der Waals surface area contributed by atoms with E-state index in [9.17, 15) is 14.4 Å². The average Bonchev–Trinajstić information content (AvgIpc) is 3.26. The minimum Gasteiger partial charge on any atom is -0.472 e. The van der Waals surface area contributed by atoms with Gasteiger partial charge in [0, 0.05) is 35.7 Å². The molecule has 1 aromatic rings. The van der Waals surface area contributed by atoms with Crippen LogP contribution in [0.25, 0.3) is 0 Å². The molecule has 5 heterocycles. The molecule has 0 radical (unpaired) electrons. The van der Waals surface area contributed by atoms with Crippen LogP contribution < -0.4 is 0 Å². The standard InChI is InChI=1S/C26H30O8/c1-22(2)15-11-16(27)24(4)14(25(15)17(32-22)5-6-18(28)33-25)7-9-23(3)19(13-8-10-30-12-13)31-21(29)20-26(23,24)34-20/h8,10,12,14-15,17,19-20H,5-7,9,11H2,1-4H3/t14-,15+,17-,19+,20+,23-,24+,25-,26+/m1/s1. The first-order valence-electron chi connectivity index (χ1n) is 12.4. The molecule has 0 bridgehead atoms. The van der Waals surface area contributed by atoms with E-state index in [1.807, 2.05) is 20.8 Å². The molecule has 8 heteroatoms. The summed E-state index contributed by atoms with van der Waals surface area (Å²) in [5.74, 6) is -1.17. The zero-order valence-corrected chi connectivity index (χ0v) is 19.9. The van der Waals surface area contributed by atoms with Crippen LogP contribution in [-0.4, -0.2) is 46.7 Å². The van der Waals surface area contributed by atoms with Gasteiger partial charge in [0.1, 0.15) is 23.1 Å². The van der Waals surface area contributed by atoms with Gasteiger partial charge in [-0.25, -0.2) is 4.79 Å². The first-order chi connectivity index (χ1) is 16.0. The smallest absolute Gasteiger partial charge is 0.339 e. The third-order valence-corrected chi connectivity index (χ3v) is 10.5. The van der Waals surface area contributed by atoms with Gasteiger partial charge in [0.2, 0.25) is 0 Å². The van der Waals surface area contributed by atoms with Gasteiger partial charge in [0.05, 0.1) is 29.6 Å². The summed E-state index contributed by atoms with van der Waals surface area (Å²) in [6, 6.07) is 1.80. The Morgan fingerprint density at radius 2 is 1.76 bits per heavy atom. The Morgan fingerprint density at radius 3 is 2.50 bits per heavy atom. The maximum Gasteiger partial charge on any atom is 0.339 e. The molecule has 0 amide bonds. The molecule has 0 unspecified atom stereocenters. The molecule has 4 aliphatic heterocycles. The predicted octanol–water partition coefficient (Wildman–Crippen LogP) is 3.28. The van der Waals surface area contributed by atoms with E-state index < -0.39 is 45.8 Å². The highest BCUT2D eigenvalue weighted by molar-refractivity contribution is 5.93. The van der Waals surface area contributed by atoms with Crippen LogP contribution in [-0.2, 0) is 33.3 Å². The summed E-state index contributed by atoms with van der Waals surface area (Å²) in [5, 5.41) is 0. The van der Waals surface area contributed by atoms with Gasteiger partial charge < -0.3 is 23.4 Å². The van der Waals surface area contributed by atoms with Crippen molar-refractivity contribution < 1.29 is 37.7 Å². The van der Waals surface area contributed by atoms with Crippen LogP contribution in [0, 0.1) is 22.7 Å². The zero-order valence-electron chi connectivity index (χ0n) is 19.9. The highest BCUT2D eigenvalue weighted by atomic mass is 16.7. The van der Waals surface area contributed by atoms with Gasteiger partial charge in [-0.15, -0.1) is 0 Å². The van der Waals surface area contributed by atoms with Crippen molar-refractivity contribution in [2.24, 2.45) is 22.7 Å². The fraction of sp³-hybridized carbons (Fsp3) is 0.731. The van der Waals surface area contributed by atoms with Crippen molar-refractivity contribution in [3.63, 3.8) is 0 Å². The molecule has 2 aliphatic carbocycles. The summed E-state index contributed by atoms with van der Waals surface area (Å²) < 4.78 is 30.4. The normalized spacial score (nSPS) is 52.4. The van der Waals surface area contributed by atoms with E-state index >= 15 is 0 Å². The molecule has 34 heavy (non-hydrogen) atoms. The van der Waals surface area contributed by atoms with Crippen LogP contribution in [0.15, 0.2) is 23.0 Å². The lowest BCUT2D eigenvalue weighted by molar-refractivity contribution is -0.246. The van der Waals surface area contributed by atoms with Gasteiger partial charge in [-0.2, -0.15) is 0 Å². The van der Waals surface area contributed by atoms with Crippen LogP contribution in [0.2, 0.25) is 0 Å². The fourth-order valence-electron chi connectivity index (χ4n) is 9.11. The van der Waals surface area contributed by atoms with Crippen LogP contribution in [0.3, 0.4) is 0 Å². The lowest BCUT2D eigenvalue weighted by Crippen LogP contribution is -2.75. The monoisotopic (exact) mass is 470 g/mol. The summed E-state index contributed by atoms with van der Waals surface area (Å²) in [6.45, 7) is 8.00. The first kappa shape index (κ1) is 21.1. The lowest BCUT2D eigenvalue weighted by Gasteiger charge is -2.64. The molecular formula is C26H30O8. The second-order valence-electron chi connectivity index (χ2n) is 12.1. The number of cyclic esters (lactones) is 1. The zero-order chi connectivity index (χ0) is 23.9. The number of hydrogen-bond acceptors (Lipinski definition) is 8. The molecule has 182 valence electrons. The summed E-state index contributed by atoms with van der Waals surface area (Å²) in [5.41, 5.74) is -3.43. The van der Waals surface area contributed by atoms with E-state index in [2.05, 4.69) is 6.92 Å². The molecule has 4 saturated heterocycles. The molecule has 1 aromatic heterocycles. The molecule has 0 N–H and O–H groups in total. The van der Waals surface area contributed by atoms with Crippen molar-refractivity contribution in [2.45, 2.75) is 94.9 Å². The molecule has 6 fully saturated rings. The van der Waals surface area contributed by atoms with E-state index in [-0.39, 0.29) is 36.1 Å². The Morgan fingerprint density at radius 1 is 0.971 bits per heavy atom. The second-order valence-corrected chi connectivity index (χ2v) is 12.1. The van der Waals surface area contributed by atoms with Crippen molar-refractivity contribution in [2.75, 3.05) is 0 Å². The number of fused-ring (bicyclic) bond motifs is 1. The van der Waals surface area contributed by atoms with Gasteiger partial charge in [0.15, 0.2) is 6.10 Å². The highest BCUT2D eigenvalue weighted by Crippen LogP contribution is 2.78. The number of furan rings is 1. The first-order valence-corrected chi connectivity index (χ1v) is 12.4. The number of carbonyl (C=O) groups is 3. The van der Waals surface area contributed by atoms with Crippen LogP contribution in [0.5, 0.6) is 0 Å². The third kappa shape index (κ3) is 2.02. The molecule has 8 nitrogen and oxygen atoms in total. The molecule has 6 aliphatic rings. The molecular weight excluding hydrogens is 440 g/mol. The predicted molar refractivity (Wildman–Crippen MR) is 114 cm³/mol. The minimum absolute atomic E-state index is 0.0566. The third-order valence-electron chi connectivity index (χ3n) is 10.5. The van der Waals surface area contributed by atoms with E-state index in [1.165, 1.54) is 0 Å². The lowest BCUT2D eigenvalue weighted by atomic mass is 9.39. The number of epoxide rings is 1. The summed E-state index contributed by atoms with van der Waals surface area (Å²) >= 11 is 0. The topological polar surface area (TPSA) is 105 Å². The Labute approximate surface area is 197 Å². The SMILES string of the molecule is CC1(C)O[C@@H]2CCC(=O)O[C@]23[C@H]1CC(=O)[C@]1(C)[C@H]3CC[C@]2(C)[C@H](c3ccoc3)OC(=O)[C@@H]3O[C@@]321. The number of rotatable bonds is 1. The Bertz CT molecular complexity index is 1120. The molecule has 2 spiro atoms. The molecule has 0 aromatic carbocycles. The summed E-state index contributed by atoms with van der Waals surface area (Å²) in [7, 11) is 0. The number of ketones is 1. The number of hydrogen-bond donors (Lipinski definition) is 0. The maximum absolute atomic E-state index is 14.2. The van der Waals surface area contributed by atoms with Crippen LogP contribution in [0.4, 0.5) is 0 Å². The van der Waals surface area contributed by atoms with Crippen LogP contribution in [0.1, 0.15) is 71.5 Å². The largest absolute Gasteiger partial charge is 0.472 e. The Balaban J connectivity index is 1.42. The van der Waals surface area contributed by atoms with E-state index in [1.54, 1.807) is 18.6 Å². The van der Waals surface area contributed by atoms with Crippen molar-refractivity contribution in [1.29, 1.82) is 0 Å². The molecule has 2 saturated carbocycles. The molecule has 7 rings (SSSR count). The number of esters is 2. The second kappa shape index (κ2) is 5.95. The van der Waals surface area contributed by atoms with E-state index in [4.69, 9.17) is 23.4 Å². The maximum atomic E-state index is 14.2. The summed E-state index contributed by atoms with van der Waals surface area (Å²) in [4.78, 5) is 40.1. The number of carbonyl (C=O) groups excluding carboxylic acids is 3. The van der Waals surface area contributed by atoms with Crippen molar-refractivity contribution in [1.82, 2.24) is 0 Å².